The van der Waals surface area contributed by atoms with Crippen LogP contribution >= 0.6 is 15.9 Å². The maximum Gasteiger partial charge on any atom is 0.235 e. The first-order valence-electron chi connectivity index (χ1n) is 4.09. The summed E-state index contributed by atoms with van der Waals surface area (Å²) in [6, 6.07) is 3.80. The average Bonchev–Trinajstić information content (AvgIpc) is 2.10. The Morgan fingerprint density at radius 3 is 2.29 bits per heavy atom. The van der Waals surface area contributed by atoms with E-state index in [1.807, 2.05) is 26.0 Å². The first-order valence-corrected chi connectivity index (χ1v) is 4.88. The topological polar surface area (TPSA) is 43.1 Å². The van der Waals surface area contributed by atoms with E-state index in [4.69, 9.17) is 0 Å². The molecule has 1 rings (SSSR count). The highest BCUT2D eigenvalue weighted by atomic mass is 79.9. The van der Waals surface area contributed by atoms with Crippen LogP contribution in [0.5, 0.6) is 0 Å². The molecule has 0 bridgehead atoms. The van der Waals surface area contributed by atoms with Crippen molar-refractivity contribution in [3.8, 4) is 0 Å². The van der Waals surface area contributed by atoms with E-state index in [1.165, 1.54) is 6.08 Å². The lowest BCUT2D eigenvalue weighted by Gasteiger charge is -2.03. The van der Waals surface area contributed by atoms with Crippen molar-refractivity contribution in [1.29, 1.82) is 0 Å². The number of aryl methyl sites for hydroxylation is 2. The molecule has 0 spiro atoms. The molecule has 74 valence electrons. The molecule has 0 fully saturated rings. The number of nitro groups is 1. The Bertz CT molecular complexity index is 376. The fourth-order valence-corrected chi connectivity index (χ4v) is 1.45. The van der Waals surface area contributed by atoms with E-state index in [2.05, 4.69) is 15.9 Å². The summed E-state index contributed by atoms with van der Waals surface area (Å²) in [5, 5.41) is 10.1. The number of halogens is 1. The van der Waals surface area contributed by atoms with Crippen LogP contribution in [0.4, 0.5) is 0 Å². The molecule has 3 nitrogen and oxygen atoms in total. The van der Waals surface area contributed by atoms with Crippen LogP contribution in [0.3, 0.4) is 0 Å². The van der Waals surface area contributed by atoms with E-state index in [-0.39, 0.29) is 0 Å². The van der Waals surface area contributed by atoms with E-state index >= 15 is 0 Å². The van der Waals surface area contributed by atoms with Gasteiger partial charge >= 0.3 is 0 Å². The summed E-state index contributed by atoms with van der Waals surface area (Å²) in [7, 11) is 0. The highest BCUT2D eigenvalue weighted by molar-refractivity contribution is 9.10. The van der Waals surface area contributed by atoms with E-state index in [0.717, 1.165) is 27.4 Å². The maximum atomic E-state index is 10.1. The second-order valence-corrected chi connectivity index (χ2v) is 3.86. The zero-order chi connectivity index (χ0) is 10.7. The van der Waals surface area contributed by atoms with Gasteiger partial charge in [0.2, 0.25) is 6.20 Å². The largest absolute Gasteiger partial charge is 0.259 e. The van der Waals surface area contributed by atoms with Crippen LogP contribution in [0.2, 0.25) is 0 Å². The molecule has 0 saturated heterocycles. The van der Waals surface area contributed by atoms with Crippen molar-refractivity contribution in [3.05, 3.63) is 49.6 Å². The quantitative estimate of drug-likeness (QED) is 0.601. The number of benzene rings is 1. The summed E-state index contributed by atoms with van der Waals surface area (Å²) >= 11 is 3.44. The van der Waals surface area contributed by atoms with Gasteiger partial charge in [0.15, 0.2) is 0 Å². The second-order valence-electron chi connectivity index (χ2n) is 3.07. The molecule has 0 aliphatic rings. The van der Waals surface area contributed by atoms with Gasteiger partial charge < -0.3 is 0 Å². The van der Waals surface area contributed by atoms with Gasteiger partial charge in [-0.3, -0.25) is 10.1 Å². The fourth-order valence-electron chi connectivity index (χ4n) is 1.22. The van der Waals surface area contributed by atoms with Gasteiger partial charge in [0.05, 0.1) is 4.92 Å². The lowest BCUT2D eigenvalue weighted by Crippen LogP contribution is -1.86. The molecule has 0 atom stereocenters. The lowest BCUT2D eigenvalue weighted by molar-refractivity contribution is -0.400. The van der Waals surface area contributed by atoms with Crippen LogP contribution in [0, 0.1) is 24.0 Å². The zero-order valence-electron chi connectivity index (χ0n) is 7.95. The predicted molar refractivity (Wildman–Crippen MR) is 59.6 cm³/mol. The first kappa shape index (κ1) is 10.9. The van der Waals surface area contributed by atoms with E-state index in [1.54, 1.807) is 0 Å². The molecule has 0 radical (unpaired) electrons. The molecule has 0 heterocycles. The number of hydrogen-bond donors (Lipinski definition) is 0. The molecule has 1 aromatic rings. The van der Waals surface area contributed by atoms with E-state index in [9.17, 15) is 10.1 Å². The van der Waals surface area contributed by atoms with Crippen molar-refractivity contribution in [1.82, 2.24) is 0 Å². The second kappa shape index (κ2) is 4.37. The smallest absolute Gasteiger partial charge is 0.235 e. The van der Waals surface area contributed by atoms with Gasteiger partial charge in [0, 0.05) is 10.5 Å². The summed E-state index contributed by atoms with van der Waals surface area (Å²) in [6.45, 7) is 3.92. The molecule has 0 aliphatic carbocycles. The van der Waals surface area contributed by atoms with Gasteiger partial charge in [-0.15, -0.1) is 0 Å². The lowest BCUT2D eigenvalue weighted by atomic mass is 10.1. The third-order valence-corrected chi connectivity index (χ3v) is 3.10. The Morgan fingerprint density at radius 2 is 1.86 bits per heavy atom. The molecule has 4 heteroatoms. The average molecular weight is 256 g/mol. The fraction of sp³-hybridized carbons (Fsp3) is 0.200. The van der Waals surface area contributed by atoms with Crippen LogP contribution < -0.4 is 0 Å². The Morgan fingerprint density at radius 1 is 1.36 bits per heavy atom. The summed E-state index contributed by atoms with van der Waals surface area (Å²) in [4.78, 5) is 9.65. The molecular weight excluding hydrogens is 246 g/mol. The van der Waals surface area contributed by atoms with Crippen molar-refractivity contribution in [2.75, 3.05) is 0 Å². The standard InChI is InChI=1S/C10H10BrNO2/c1-7-5-9(3-4-12(13)14)6-8(2)10(7)11/h3-6H,1-2H3/b4-3+. The monoisotopic (exact) mass is 255 g/mol. The van der Waals surface area contributed by atoms with E-state index < -0.39 is 4.92 Å². The zero-order valence-corrected chi connectivity index (χ0v) is 9.54. The third-order valence-electron chi connectivity index (χ3n) is 1.85. The van der Waals surface area contributed by atoms with Gasteiger partial charge in [-0.05, 0) is 30.5 Å². The third kappa shape index (κ3) is 2.67. The van der Waals surface area contributed by atoms with Gasteiger partial charge in [-0.25, -0.2) is 0 Å². The Balaban J connectivity index is 3.07. The molecule has 0 unspecified atom stereocenters. The molecule has 0 aliphatic heterocycles. The molecule has 14 heavy (non-hydrogen) atoms. The van der Waals surface area contributed by atoms with Crippen LogP contribution in [-0.2, 0) is 0 Å². The molecule has 0 N–H and O–H groups in total. The minimum absolute atomic E-state index is 0.466. The minimum atomic E-state index is -0.466. The van der Waals surface area contributed by atoms with Crippen molar-refractivity contribution in [2.24, 2.45) is 0 Å². The maximum absolute atomic E-state index is 10.1. The molecule has 0 aromatic heterocycles. The molecular formula is C10H10BrNO2. The number of hydrogen-bond acceptors (Lipinski definition) is 2. The van der Waals surface area contributed by atoms with Gasteiger partial charge in [-0.1, -0.05) is 28.1 Å². The minimum Gasteiger partial charge on any atom is -0.259 e. The Labute approximate surface area is 90.7 Å². The molecule has 0 saturated carbocycles. The molecule has 1 aromatic carbocycles. The van der Waals surface area contributed by atoms with Crippen LogP contribution in [0.15, 0.2) is 22.8 Å². The predicted octanol–water partition coefficient (Wildman–Crippen LogP) is 3.31. The van der Waals surface area contributed by atoms with Crippen molar-refractivity contribution >= 4 is 22.0 Å². The summed E-state index contributed by atoms with van der Waals surface area (Å²) in [5.74, 6) is 0. The SMILES string of the molecule is Cc1cc(/C=C/[N+](=O)[O-])cc(C)c1Br. The number of rotatable bonds is 2. The van der Waals surface area contributed by atoms with Crippen molar-refractivity contribution in [3.63, 3.8) is 0 Å². The van der Waals surface area contributed by atoms with Crippen molar-refractivity contribution < 1.29 is 4.92 Å². The van der Waals surface area contributed by atoms with E-state index in [0.29, 0.717) is 0 Å². The van der Waals surface area contributed by atoms with Gasteiger partial charge in [0.25, 0.3) is 0 Å². The van der Waals surface area contributed by atoms with Crippen LogP contribution in [0.1, 0.15) is 16.7 Å². The normalized spacial score (nSPS) is 10.8. The van der Waals surface area contributed by atoms with Crippen LogP contribution in [0.25, 0.3) is 6.08 Å². The molecule has 0 amide bonds. The Hall–Kier alpha value is -1.16. The van der Waals surface area contributed by atoms with Crippen molar-refractivity contribution in [2.45, 2.75) is 13.8 Å². The van der Waals surface area contributed by atoms with Gasteiger partial charge in [0.1, 0.15) is 0 Å². The van der Waals surface area contributed by atoms with Crippen LogP contribution in [-0.4, -0.2) is 4.92 Å². The summed E-state index contributed by atoms with van der Waals surface area (Å²) in [5.41, 5.74) is 3.00. The number of nitrogens with zero attached hydrogens (tertiary/aromatic N) is 1. The summed E-state index contributed by atoms with van der Waals surface area (Å²) < 4.78 is 1.05. The highest BCUT2D eigenvalue weighted by Crippen LogP contribution is 2.22. The Kier molecular flexibility index (Phi) is 3.41. The van der Waals surface area contributed by atoms with Gasteiger partial charge in [-0.2, -0.15) is 0 Å². The first-order chi connectivity index (χ1) is 6.50. The highest BCUT2D eigenvalue weighted by Gasteiger charge is 2.00. The summed E-state index contributed by atoms with van der Waals surface area (Å²) in [6.07, 6.45) is 2.44.